The van der Waals surface area contributed by atoms with E-state index in [4.69, 9.17) is 30.5 Å². The van der Waals surface area contributed by atoms with Gasteiger partial charge >= 0.3 is 20.3 Å². The number of benzene rings is 1. The Morgan fingerprint density at radius 3 is 2.80 bits per heavy atom. The van der Waals surface area contributed by atoms with E-state index in [0.717, 1.165) is 16.7 Å². The second-order valence-electron chi connectivity index (χ2n) is 7.54. The molecule has 1 aromatic carbocycles. The average molecular weight is 454 g/mol. The minimum Gasteiger partial charge on any atom is -0.426 e. The Hall–Kier alpha value is -1.65. The smallest absolute Gasteiger partial charge is 0.402 e. The van der Waals surface area contributed by atoms with Crippen molar-refractivity contribution in [3.8, 4) is 5.75 Å². The fourth-order valence-electron chi connectivity index (χ4n) is 3.62. The Morgan fingerprint density at radius 1 is 1.27 bits per heavy atom. The largest absolute Gasteiger partial charge is 0.426 e. The van der Waals surface area contributed by atoms with Crippen LogP contribution in [-0.2, 0) is 20.4 Å². The Kier molecular flexibility index (Phi) is 5.84. The molecule has 1 saturated heterocycles. The normalized spacial score (nSPS) is 23.8. The fraction of sp³-hybridized carbons (Fsp3) is 0.474. The van der Waals surface area contributed by atoms with Crippen LogP contribution < -0.4 is 10.2 Å². The first-order chi connectivity index (χ1) is 14.1. The van der Waals surface area contributed by atoms with Gasteiger partial charge in [-0.3, -0.25) is 14.1 Å². The lowest BCUT2D eigenvalue weighted by Crippen LogP contribution is -2.44. The zero-order valence-electron chi connectivity index (χ0n) is 16.7. The van der Waals surface area contributed by atoms with Crippen molar-refractivity contribution in [2.75, 3.05) is 0 Å². The van der Waals surface area contributed by atoms with Crippen molar-refractivity contribution in [3.05, 3.63) is 55.7 Å². The van der Waals surface area contributed by atoms with Crippen molar-refractivity contribution in [1.29, 1.82) is 0 Å². The lowest BCUT2D eigenvalue weighted by Gasteiger charge is -2.32. The molecule has 0 saturated carbocycles. The molecule has 9 nitrogen and oxygen atoms in total. The van der Waals surface area contributed by atoms with Gasteiger partial charge in [-0.15, -0.1) is 0 Å². The van der Waals surface area contributed by atoms with Gasteiger partial charge < -0.3 is 19.5 Å². The number of ether oxygens (including phenoxy) is 1. The summed E-state index contributed by atoms with van der Waals surface area (Å²) >= 11 is 5.06. The maximum atomic E-state index is 12.2. The van der Waals surface area contributed by atoms with E-state index in [1.165, 1.54) is 4.57 Å². The van der Waals surface area contributed by atoms with Crippen LogP contribution in [0.25, 0.3) is 0 Å². The van der Waals surface area contributed by atoms with E-state index in [0.29, 0.717) is 22.4 Å². The predicted octanol–water partition coefficient (Wildman–Crippen LogP) is 3.00. The molecule has 3 N–H and O–H groups in total. The van der Waals surface area contributed by atoms with E-state index in [2.05, 4.69) is 4.98 Å². The van der Waals surface area contributed by atoms with Gasteiger partial charge in [0, 0.05) is 17.3 Å². The van der Waals surface area contributed by atoms with Crippen LogP contribution in [0.1, 0.15) is 41.3 Å². The minimum absolute atomic E-state index is 0.242. The summed E-state index contributed by atoms with van der Waals surface area (Å²) in [5, 5.41) is 21.0. The molecule has 2 aromatic rings. The van der Waals surface area contributed by atoms with Crippen LogP contribution >= 0.6 is 20.8 Å². The zero-order valence-corrected chi connectivity index (χ0v) is 18.5. The van der Waals surface area contributed by atoms with Gasteiger partial charge in [0.25, 0.3) is 0 Å². The summed E-state index contributed by atoms with van der Waals surface area (Å²) < 4.78 is 24.1. The van der Waals surface area contributed by atoms with Crippen molar-refractivity contribution < 1.29 is 28.5 Å². The predicted molar refractivity (Wildman–Crippen MR) is 110 cm³/mol. The molecule has 1 fully saturated rings. The molecule has 30 heavy (non-hydrogen) atoms. The summed E-state index contributed by atoms with van der Waals surface area (Å²) in [6, 6.07) is 3.92. The number of nitrogens with one attached hydrogen (secondary N) is 1. The number of nitrogens with zero attached hydrogens (tertiary/aromatic N) is 1. The van der Waals surface area contributed by atoms with E-state index >= 15 is 0 Å². The number of aliphatic hydroxyl groups is 2. The van der Waals surface area contributed by atoms with Crippen LogP contribution in [0, 0.1) is 25.4 Å². The van der Waals surface area contributed by atoms with Gasteiger partial charge in [0.1, 0.15) is 22.7 Å². The topological polar surface area (TPSA) is 115 Å². The number of hydrogen-bond acceptors (Lipinski definition) is 8. The third-order valence-electron chi connectivity index (χ3n) is 5.07. The molecular weight excluding hydrogens is 431 g/mol. The molecule has 3 atom stereocenters. The molecule has 0 aliphatic carbocycles. The molecule has 4 rings (SSSR count). The number of fused-ring (bicyclic) bond motifs is 1. The van der Waals surface area contributed by atoms with E-state index < -0.39 is 32.6 Å². The molecule has 0 amide bonds. The molecule has 3 unspecified atom stereocenters. The Morgan fingerprint density at radius 2 is 2.03 bits per heavy atom. The second kappa shape index (κ2) is 8.12. The van der Waals surface area contributed by atoms with Gasteiger partial charge in [0.15, 0.2) is 0 Å². The Balaban J connectivity index is 1.45. The van der Waals surface area contributed by atoms with Gasteiger partial charge in [0.05, 0.1) is 6.61 Å². The minimum atomic E-state index is -2.64. The summed E-state index contributed by atoms with van der Waals surface area (Å²) in [5.74, 6) is -2.02. The van der Waals surface area contributed by atoms with Crippen LogP contribution in [0.5, 0.6) is 5.75 Å². The van der Waals surface area contributed by atoms with Crippen LogP contribution in [0.3, 0.4) is 0 Å². The van der Waals surface area contributed by atoms with Crippen molar-refractivity contribution in [2.45, 2.75) is 58.5 Å². The summed E-state index contributed by atoms with van der Waals surface area (Å²) in [6.45, 7) is 5.90. The molecule has 1 aromatic heterocycles. The molecule has 0 spiro atoms. The van der Waals surface area contributed by atoms with E-state index in [9.17, 15) is 15.0 Å². The highest BCUT2D eigenvalue weighted by atomic mass is 32.1. The van der Waals surface area contributed by atoms with Crippen molar-refractivity contribution >= 4 is 20.8 Å². The number of rotatable bonds is 4. The van der Waals surface area contributed by atoms with Crippen molar-refractivity contribution in [2.24, 2.45) is 0 Å². The molecule has 162 valence electrons. The van der Waals surface area contributed by atoms with Gasteiger partial charge in [0.2, 0.25) is 0 Å². The van der Waals surface area contributed by atoms with Gasteiger partial charge in [-0.05, 0) is 39.2 Å². The number of aryl methyl sites for hydroxylation is 3. The highest BCUT2D eigenvalue weighted by Gasteiger charge is 2.47. The summed E-state index contributed by atoms with van der Waals surface area (Å²) in [7, 11) is -2.04. The summed E-state index contributed by atoms with van der Waals surface area (Å²) in [4.78, 5) is 14.8. The van der Waals surface area contributed by atoms with Crippen LogP contribution in [-0.4, -0.2) is 31.8 Å². The number of H-pyrrole nitrogens is 1. The maximum Gasteiger partial charge on any atom is 0.402 e. The number of aromatic nitrogens is 2. The Bertz CT molecular complexity index is 1080. The molecule has 3 heterocycles. The monoisotopic (exact) mass is 454 g/mol. The van der Waals surface area contributed by atoms with E-state index in [1.807, 2.05) is 26.0 Å². The first-order valence-corrected chi connectivity index (χ1v) is 11.0. The third kappa shape index (κ3) is 4.22. The Labute approximate surface area is 179 Å². The molecule has 11 heteroatoms. The second-order valence-corrected chi connectivity index (χ2v) is 9.02. The standard InChI is InChI=1S/C19H23N2O7PS/c1-10-6-11(2)16-13(7-10)9-25-29(27-16)28-19(23,24)14-4-5-15(26-14)21-8-12(3)17(30)20-18(21)22/h6-8,14-15,23-24H,4-5,9H2,1-3H3,(H,20,22,30). The first kappa shape index (κ1) is 21.6. The molecule has 2 aliphatic rings. The number of aromatic amines is 1. The zero-order chi connectivity index (χ0) is 21.6. The molecule has 0 bridgehead atoms. The van der Waals surface area contributed by atoms with Gasteiger partial charge in [-0.1, -0.05) is 29.9 Å². The fourth-order valence-corrected chi connectivity index (χ4v) is 4.89. The highest BCUT2D eigenvalue weighted by molar-refractivity contribution is 7.71. The summed E-state index contributed by atoms with van der Waals surface area (Å²) in [6.07, 6.45) is 0.471. The van der Waals surface area contributed by atoms with Crippen LogP contribution in [0.15, 0.2) is 23.1 Å². The maximum absolute atomic E-state index is 12.2. The van der Waals surface area contributed by atoms with Crippen molar-refractivity contribution in [1.82, 2.24) is 9.55 Å². The van der Waals surface area contributed by atoms with E-state index in [-0.39, 0.29) is 13.0 Å². The highest BCUT2D eigenvalue weighted by Crippen LogP contribution is 2.51. The van der Waals surface area contributed by atoms with Crippen molar-refractivity contribution in [3.63, 3.8) is 0 Å². The van der Waals surface area contributed by atoms with Gasteiger partial charge in [-0.2, -0.15) is 0 Å². The molecule has 0 radical (unpaired) electrons. The molecule has 2 aliphatic heterocycles. The lowest BCUT2D eigenvalue weighted by molar-refractivity contribution is -0.346. The SMILES string of the molecule is Cc1cc(C)c2c(c1)COP(OC(O)(O)C1CCC(n3cc(C)c(=S)[nH]c3=O)O1)O2. The third-order valence-corrected chi connectivity index (χ3v) is 6.58. The first-order valence-electron chi connectivity index (χ1n) is 9.46. The average Bonchev–Trinajstić information content (AvgIpc) is 3.16. The summed E-state index contributed by atoms with van der Waals surface area (Å²) in [5.41, 5.74) is 3.17. The quantitative estimate of drug-likeness (QED) is 0.367. The van der Waals surface area contributed by atoms with Gasteiger partial charge in [-0.25, -0.2) is 9.32 Å². The lowest BCUT2D eigenvalue weighted by atomic mass is 10.1. The van der Waals surface area contributed by atoms with Crippen LogP contribution in [0.2, 0.25) is 0 Å². The number of hydrogen-bond donors (Lipinski definition) is 3. The van der Waals surface area contributed by atoms with E-state index in [1.54, 1.807) is 13.1 Å². The molecular formula is C19H23N2O7PS. The van der Waals surface area contributed by atoms with Crippen LogP contribution in [0.4, 0.5) is 0 Å².